The lowest BCUT2D eigenvalue weighted by Gasteiger charge is -2.03. The van der Waals surface area contributed by atoms with Crippen LogP contribution in [0.2, 0.25) is 0 Å². The number of nitrogens with zero attached hydrogens (tertiary/aromatic N) is 2. The molecule has 0 radical (unpaired) electrons. The van der Waals surface area contributed by atoms with Crippen molar-refractivity contribution in [2.24, 2.45) is 0 Å². The molecule has 4 aromatic rings. The number of carbonyl (C=O) groups is 1. The molecule has 0 bridgehead atoms. The van der Waals surface area contributed by atoms with Gasteiger partial charge < -0.3 is 5.11 Å². The summed E-state index contributed by atoms with van der Waals surface area (Å²) in [5, 5.41) is 9.62. The predicted molar refractivity (Wildman–Crippen MR) is 112 cm³/mol. The molecule has 0 atom stereocenters. The Morgan fingerprint density at radius 2 is 1.86 bits per heavy atom. The Kier molecular flexibility index (Phi) is 4.63. The molecule has 28 heavy (non-hydrogen) atoms. The Bertz CT molecular complexity index is 1270. The van der Waals surface area contributed by atoms with E-state index in [2.05, 4.69) is 4.98 Å². The molecule has 2 heterocycles. The van der Waals surface area contributed by atoms with Crippen molar-refractivity contribution >= 4 is 34.4 Å². The Labute approximate surface area is 164 Å². The molecule has 2 aromatic carbocycles. The largest absolute Gasteiger partial charge is 0.477 e. The Balaban J connectivity index is 1.86. The van der Waals surface area contributed by atoms with E-state index in [-0.39, 0.29) is 10.4 Å². The summed E-state index contributed by atoms with van der Waals surface area (Å²) in [7, 11) is 0. The van der Waals surface area contributed by atoms with Gasteiger partial charge in [0, 0.05) is 11.6 Å². The number of fused-ring (bicyclic) bond motifs is 1. The third-order valence-corrected chi connectivity index (χ3v) is 5.30. The minimum atomic E-state index is -1.08. The molecule has 0 amide bonds. The van der Waals surface area contributed by atoms with Gasteiger partial charge in [-0.1, -0.05) is 77.6 Å². The lowest BCUT2D eigenvalue weighted by atomic mass is 10.1. The number of aromatic nitrogens is 2. The summed E-state index contributed by atoms with van der Waals surface area (Å²) in [6, 6.07) is 18.4. The first kappa shape index (κ1) is 17.9. The van der Waals surface area contributed by atoms with Gasteiger partial charge in [0.2, 0.25) is 0 Å². The molecule has 0 aliphatic rings. The van der Waals surface area contributed by atoms with Gasteiger partial charge in [-0.05, 0) is 18.6 Å². The fourth-order valence-electron chi connectivity index (χ4n) is 3.04. The van der Waals surface area contributed by atoms with E-state index in [1.807, 2.05) is 55.5 Å². The Morgan fingerprint density at radius 3 is 2.57 bits per heavy atom. The number of aryl methyl sites for hydroxylation is 1. The standard InChI is InChI=1S/C22H16N2O3S/c1-14-6-5-7-15(12-14)10-11-17-13-18(25)24-19(16-8-3-2-4-9-16)20(21(26)27)28-22(24)23-17/h2-13H,1H3,(H,26,27). The Morgan fingerprint density at radius 1 is 1.07 bits per heavy atom. The van der Waals surface area contributed by atoms with Crippen molar-refractivity contribution in [3.8, 4) is 11.3 Å². The number of hydrogen-bond acceptors (Lipinski definition) is 4. The van der Waals surface area contributed by atoms with Crippen molar-refractivity contribution in [1.29, 1.82) is 0 Å². The summed E-state index contributed by atoms with van der Waals surface area (Å²) in [5.74, 6) is -1.08. The van der Waals surface area contributed by atoms with Crippen LogP contribution in [-0.2, 0) is 0 Å². The first-order valence-electron chi connectivity index (χ1n) is 8.63. The summed E-state index contributed by atoms with van der Waals surface area (Å²) in [4.78, 5) is 29.5. The second kappa shape index (κ2) is 7.25. The number of carboxylic acids is 1. The molecule has 1 N–H and O–H groups in total. The Hall–Kier alpha value is -3.51. The molecule has 4 rings (SSSR count). The van der Waals surface area contributed by atoms with Gasteiger partial charge in [0.05, 0.1) is 11.4 Å². The molecule has 138 valence electrons. The van der Waals surface area contributed by atoms with E-state index >= 15 is 0 Å². The fraction of sp³-hybridized carbons (Fsp3) is 0.0455. The first-order valence-corrected chi connectivity index (χ1v) is 9.44. The molecule has 0 spiro atoms. The van der Waals surface area contributed by atoms with Crippen LogP contribution in [0.15, 0.2) is 65.5 Å². The number of hydrogen-bond donors (Lipinski definition) is 1. The van der Waals surface area contributed by atoms with Gasteiger partial charge in [-0.2, -0.15) is 0 Å². The zero-order chi connectivity index (χ0) is 19.7. The fourth-order valence-corrected chi connectivity index (χ4v) is 4.03. The second-order valence-corrected chi connectivity index (χ2v) is 7.31. The minimum absolute atomic E-state index is 0.0932. The van der Waals surface area contributed by atoms with Crippen LogP contribution in [-0.4, -0.2) is 20.5 Å². The highest BCUT2D eigenvalue weighted by molar-refractivity contribution is 7.19. The van der Waals surface area contributed by atoms with Gasteiger partial charge in [0.1, 0.15) is 4.88 Å². The maximum atomic E-state index is 12.8. The van der Waals surface area contributed by atoms with Crippen molar-refractivity contribution in [2.75, 3.05) is 0 Å². The molecule has 5 nitrogen and oxygen atoms in total. The molecule has 2 aromatic heterocycles. The first-order chi connectivity index (χ1) is 13.5. The van der Waals surface area contributed by atoms with Crippen molar-refractivity contribution < 1.29 is 9.90 Å². The lowest BCUT2D eigenvalue weighted by Crippen LogP contribution is -2.14. The number of rotatable bonds is 4. The summed E-state index contributed by atoms with van der Waals surface area (Å²) in [6.45, 7) is 2.01. The van der Waals surface area contributed by atoms with Crippen molar-refractivity contribution in [2.45, 2.75) is 6.92 Å². The number of aromatic carboxylic acids is 1. The van der Waals surface area contributed by atoms with E-state index in [0.29, 0.717) is 21.9 Å². The van der Waals surface area contributed by atoms with Crippen LogP contribution in [0.3, 0.4) is 0 Å². The number of thiazole rings is 1. The van der Waals surface area contributed by atoms with Gasteiger partial charge in [0.25, 0.3) is 5.56 Å². The van der Waals surface area contributed by atoms with Gasteiger partial charge in [-0.25, -0.2) is 9.78 Å². The van der Waals surface area contributed by atoms with Gasteiger partial charge in [-0.3, -0.25) is 9.20 Å². The van der Waals surface area contributed by atoms with Crippen LogP contribution in [0.4, 0.5) is 0 Å². The van der Waals surface area contributed by atoms with Crippen LogP contribution >= 0.6 is 11.3 Å². The molecule has 0 aliphatic carbocycles. The summed E-state index contributed by atoms with van der Waals surface area (Å²) >= 11 is 0.998. The van der Waals surface area contributed by atoms with Crippen molar-refractivity contribution in [3.05, 3.63) is 92.7 Å². The average Bonchev–Trinajstić information content (AvgIpc) is 3.08. The summed E-state index contributed by atoms with van der Waals surface area (Å²) in [5.41, 5.74) is 3.35. The highest BCUT2D eigenvalue weighted by Crippen LogP contribution is 2.30. The van der Waals surface area contributed by atoms with E-state index in [0.717, 1.165) is 22.5 Å². The molecular weight excluding hydrogens is 372 g/mol. The third kappa shape index (κ3) is 3.37. The van der Waals surface area contributed by atoms with E-state index < -0.39 is 5.97 Å². The summed E-state index contributed by atoms with van der Waals surface area (Å²) in [6.07, 6.45) is 3.65. The second-order valence-electron chi connectivity index (χ2n) is 6.34. The maximum absolute atomic E-state index is 12.8. The normalized spacial score (nSPS) is 11.3. The van der Waals surface area contributed by atoms with Crippen LogP contribution in [0.25, 0.3) is 28.4 Å². The molecule has 0 unspecified atom stereocenters. The number of benzene rings is 2. The zero-order valence-electron chi connectivity index (χ0n) is 15.0. The molecule has 0 saturated heterocycles. The van der Waals surface area contributed by atoms with Crippen molar-refractivity contribution in [1.82, 2.24) is 9.38 Å². The molecule has 0 aliphatic heterocycles. The average molecular weight is 388 g/mol. The minimum Gasteiger partial charge on any atom is -0.477 e. The lowest BCUT2D eigenvalue weighted by molar-refractivity contribution is 0.0702. The maximum Gasteiger partial charge on any atom is 0.348 e. The molecule has 0 saturated carbocycles. The van der Waals surface area contributed by atoms with E-state index in [1.165, 1.54) is 10.5 Å². The van der Waals surface area contributed by atoms with E-state index in [4.69, 9.17) is 0 Å². The zero-order valence-corrected chi connectivity index (χ0v) is 15.8. The molecular formula is C22H16N2O3S. The smallest absolute Gasteiger partial charge is 0.348 e. The molecule has 0 fully saturated rings. The van der Waals surface area contributed by atoms with Crippen LogP contribution < -0.4 is 5.56 Å². The topological polar surface area (TPSA) is 71.7 Å². The summed E-state index contributed by atoms with van der Waals surface area (Å²) < 4.78 is 1.37. The highest BCUT2D eigenvalue weighted by Gasteiger charge is 2.21. The van der Waals surface area contributed by atoms with E-state index in [1.54, 1.807) is 18.2 Å². The van der Waals surface area contributed by atoms with Crippen molar-refractivity contribution in [3.63, 3.8) is 0 Å². The van der Waals surface area contributed by atoms with Gasteiger partial charge >= 0.3 is 5.97 Å². The monoisotopic (exact) mass is 388 g/mol. The third-order valence-electron chi connectivity index (χ3n) is 4.27. The van der Waals surface area contributed by atoms with Crippen LogP contribution in [0, 0.1) is 6.92 Å². The highest BCUT2D eigenvalue weighted by atomic mass is 32.1. The predicted octanol–water partition coefficient (Wildman–Crippen LogP) is 4.60. The quantitative estimate of drug-likeness (QED) is 0.555. The van der Waals surface area contributed by atoms with Crippen LogP contribution in [0.1, 0.15) is 26.5 Å². The molecule has 6 heteroatoms. The van der Waals surface area contributed by atoms with Gasteiger partial charge in [0.15, 0.2) is 4.96 Å². The van der Waals surface area contributed by atoms with Crippen LogP contribution in [0.5, 0.6) is 0 Å². The van der Waals surface area contributed by atoms with Gasteiger partial charge in [-0.15, -0.1) is 0 Å². The van der Waals surface area contributed by atoms with E-state index in [9.17, 15) is 14.7 Å². The number of carboxylic acid groups (broad SMARTS) is 1. The SMILES string of the molecule is Cc1cccc(C=Cc2cc(=O)n3c(-c4ccccc4)c(C(=O)O)sc3n2)c1.